The third-order valence-corrected chi connectivity index (χ3v) is 4.39. The van der Waals surface area contributed by atoms with Crippen LogP contribution >= 0.6 is 0 Å². The molecule has 1 heterocycles. The molecule has 0 spiro atoms. The van der Waals surface area contributed by atoms with Gasteiger partial charge in [0.05, 0.1) is 11.8 Å². The second kappa shape index (κ2) is 7.84. The van der Waals surface area contributed by atoms with E-state index in [9.17, 15) is 9.59 Å². The van der Waals surface area contributed by atoms with Gasteiger partial charge in [0, 0.05) is 0 Å². The fourth-order valence-electron chi connectivity index (χ4n) is 2.90. The molecule has 0 aliphatic heterocycles. The zero-order chi connectivity index (χ0) is 19.3. The number of carbonyl (C=O) groups excluding carboxylic acids is 1. The van der Waals surface area contributed by atoms with E-state index in [1.807, 2.05) is 54.6 Å². The Balaban J connectivity index is 1.40. The average molecular weight is 371 g/mol. The first-order chi connectivity index (χ1) is 13.7. The Hall–Kier alpha value is -3.80. The van der Waals surface area contributed by atoms with Gasteiger partial charge < -0.3 is 4.74 Å². The van der Waals surface area contributed by atoms with Crippen molar-refractivity contribution in [1.29, 1.82) is 0 Å². The fraction of sp³-hybridized carbons (Fsp3) is 0.0909. The van der Waals surface area contributed by atoms with E-state index in [-0.39, 0.29) is 18.7 Å². The molecule has 0 bridgehead atoms. The molecule has 4 aromatic rings. The largest absolute Gasteiger partial charge is 0.442 e. The van der Waals surface area contributed by atoms with Gasteiger partial charge in [-0.15, -0.1) is 5.10 Å². The summed E-state index contributed by atoms with van der Waals surface area (Å²) in [7, 11) is 0. The Bertz CT molecular complexity index is 1170. The molecule has 0 saturated heterocycles. The van der Waals surface area contributed by atoms with Crippen molar-refractivity contribution in [3.63, 3.8) is 0 Å². The number of fused-ring (bicyclic) bond motifs is 1. The SMILES string of the molecule is O=C(Cc1ccc(-c2ccccc2)cc1)OCn1nnc2ccccc2c1=O. The van der Waals surface area contributed by atoms with E-state index in [4.69, 9.17) is 4.74 Å². The zero-order valence-electron chi connectivity index (χ0n) is 15.0. The number of ether oxygens (including phenoxy) is 1. The summed E-state index contributed by atoms with van der Waals surface area (Å²) >= 11 is 0. The lowest BCUT2D eigenvalue weighted by atomic mass is 10.0. The molecule has 6 nitrogen and oxygen atoms in total. The molecule has 0 N–H and O–H groups in total. The highest BCUT2D eigenvalue weighted by Gasteiger charge is 2.09. The molecule has 4 rings (SSSR count). The molecule has 0 fully saturated rings. The summed E-state index contributed by atoms with van der Waals surface area (Å²) in [4.78, 5) is 24.5. The van der Waals surface area contributed by atoms with Gasteiger partial charge in [-0.25, -0.2) is 0 Å². The van der Waals surface area contributed by atoms with E-state index in [0.717, 1.165) is 21.4 Å². The lowest BCUT2D eigenvalue weighted by Gasteiger charge is -2.07. The number of benzene rings is 3. The van der Waals surface area contributed by atoms with Gasteiger partial charge in [0.1, 0.15) is 5.52 Å². The Kier molecular flexibility index (Phi) is 4.93. The fourth-order valence-corrected chi connectivity index (χ4v) is 2.90. The summed E-state index contributed by atoms with van der Waals surface area (Å²) < 4.78 is 6.24. The van der Waals surface area contributed by atoms with Gasteiger partial charge in [-0.05, 0) is 28.8 Å². The molecule has 0 aliphatic carbocycles. The van der Waals surface area contributed by atoms with Gasteiger partial charge in [0.25, 0.3) is 5.56 Å². The van der Waals surface area contributed by atoms with Crippen LogP contribution in [0.1, 0.15) is 5.56 Å². The molecular weight excluding hydrogens is 354 g/mol. The predicted octanol–water partition coefficient (Wildman–Crippen LogP) is 3.20. The second-order valence-electron chi connectivity index (χ2n) is 6.30. The molecule has 0 atom stereocenters. The van der Waals surface area contributed by atoms with Crippen LogP contribution in [0.4, 0.5) is 0 Å². The Morgan fingerprint density at radius 3 is 2.32 bits per heavy atom. The number of carbonyl (C=O) groups is 1. The molecule has 0 unspecified atom stereocenters. The molecule has 6 heteroatoms. The number of esters is 1. The van der Waals surface area contributed by atoms with Gasteiger partial charge >= 0.3 is 5.97 Å². The van der Waals surface area contributed by atoms with Crippen molar-refractivity contribution >= 4 is 16.9 Å². The van der Waals surface area contributed by atoms with Crippen molar-refractivity contribution in [1.82, 2.24) is 15.0 Å². The first-order valence-electron chi connectivity index (χ1n) is 8.83. The van der Waals surface area contributed by atoms with Crippen molar-refractivity contribution in [2.45, 2.75) is 13.2 Å². The Morgan fingerprint density at radius 2 is 1.54 bits per heavy atom. The number of rotatable bonds is 5. The van der Waals surface area contributed by atoms with Crippen molar-refractivity contribution in [2.75, 3.05) is 0 Å². The maximum Gasteiger partial charge on any atom is 0.312 e. The van der Waals surface area contributed by atoms with Gasteiger partial charge in [0.15, 0.2) is 6.73 Å². The smallest absolute Gasteiger partial charge is 0.312 e. The Morgan fingerprint density at radius 1 is 0.857 bits per heavy atom. The first kappa shape index (κ1) is 17.6. The standard InChI is InChI=1S/C22H17N3O3/c26-21(14-16-10-12-18(13-11-16)17-6-2-1-3-7-17)28-15-25-22(27)19-8-4-5-9-20(19)23-24-25/h1-13H,14-15H2. The van der Waals surface area contributed by atoms with Gasteiger partial charge in [-0.1, -0.05) is 71.9 Å². The lowest BCUT2D eigenvalue weighted by Crippen LogP contribution is -2.26. The average Bonchev–Trinajstić information content (AvgIpc) is 2.75. The van der Waals surface area contributed by atoms with Crippen LogP contribution in [0.5, 0.6) is 0 Å². The van der Waals surface area contributed by atoms with Gasteiger partial charge in [-0.2, -0.15) is 4.68 Å². The van der Waals surface area contributed by atoms with Gasteiger partial charge in [0.2, 0.25) is 0 Å². The maximum absolute atomic E-state index is 12.3. The highest BCUT2D eigenvalue weighted by atomic mass is 16.5. The van der Waals surface area contributed by atoms with Gasteiger partial charge in [-0.3, -0.25) is 9.59 Å². The van der Waals surface area contributed by atoms with Crippen LogP contribution in [0, 0.1) is 0 Å². The zero-order valence-corrected chi connectivity index (χ0v) is 15.0. The highest BCUT2D eigenvalue weighted by molar-refractivity contribution is 5.76. The summed E-state index contributed by atoms with van der Waals surface area (Å²) in [6, 6.07) is 24.6. The molecule has 0 radical (unpaired) electrons. The van der Waals surface area contributed by atoms with E-state index in [2.05, 4.69) is 10.3 Å². The van der Waals surface area contributed by atoms with Crippen LogP contribution in [-0.2, 0) is 22.7 Å². The number of hydrogen-bond acceptors (Lipinski definition) is 5. The summed E-state index contributed by atoms with van der Waals surface area (Å²) in [6.07, 6.45) is 0.116. The third kappa shape index (κ3) is 3.81. The third-order valence-electron chi connectivity index (χ3n) is 4.39. The molecule has 0 saturated carbocycles. The van der Waals surface area contributed by atoms with E-state index in [1.54, 1.807) is 24.3 Å². The lowest BCUT2D eigenvalue weighted by molar-refractivity contribution is -0.147. The normalized spacial score (nSPS) is 10.7. The first-order valence-corrected chi connectivity index (χ1v) is 8.83. The van der Waals surface area contributed by atoms with Crippen LogP contribution in [-0.4, -0.2) is 21.0 Å². The number of hydrogen-bond donors (Lipinski definition) is 0. The van der Waals surface area contributed by atoms with E-state index in [1.165, 1.54) is 0 Å². The molecule has 28 heavy (non-hydrogen) atoms. The van der Waals surface area contributed by atoms with E-state index < -0.39 is 5.97 Å². The molecular formula is C22H17N3O3. The topological polar surface area (TPSA) is 74.1 Å². The summed E-state index contributed by atoms with van der Waals surface area (Å²) in [5, 5.41) is 8.21. The molecule has 138 valence electrons. The minimum absolute atomic E-state index is 0.116. The van der Waals surface area contributed by atoms with Crippen molar-refractivity contribution < 1.29 is 9.53 Å². The monoisotopic (exact) mass is 371 g/mol. The highest BCUT2D eigenvalue weighted by Crippen LogP contribution is 2.19. The molecule has 0 amide bonds. The molecule has 0 aliphatic rings. The number of aromatic nitrogens is 3. The van der Waals surface area contributed by atoms with Crippen LogP contribution in [0.2, 0.25) is 0 Å². The van der Waals surface area contributed by atoms with Crippen LogP contribution in [0.15, 0.2) is 83.7 Å². The Labute approximate surface area is 161 Å². The minimum Gasteiger partial charge on any atom is -0.442 e. The second-order valence-corrected chi connectivity index (χ2v) is 6.30. The quantitative estimate of drug-likeness (QED) is 0.504. The summed E-state index contributed by atoms with van der Waals surface area (Å²) in [6.45, 7) is -0.266. The van der Waals surface area contributed by atoms with E-state index >= 15 is 0 Å². The number of nitrogens with zero attached hydrogens (tertiary/aromatic N) is 3. The maximum atomic E-state index is 12.3. The van der Waals surface area contributed by atoms with E-state index in [0.29, 0.717) is 10.9 Å². The van der Waals surface area contributed by atoms with Crippen molar-refractivity contribution in [3.05, 3.63) is 94.8 Å². The van der Waals surface area contributed by atoms with Crippen molar-refractivity contribution in [3.8, 4) is 11.1 Å². The minimum atomic E-state index is -0.436. The summed E-state index contributed by atoms with van der Waals surface area (Å²) in [5.41, 5.74) is 3.20. The molecule has 3 aromatic carbocycles. The van der Waals surface area contributed by atoms with Crippen molar-refractivity contribution in [2.24, 2.45) is 0 Å². The molecule has 1 aromatic heterocycles. The predicted molar refractivity (Wildman–Crippen MR) is 105 cm³/mol. The van der Waals surface area contributed by atoms with Crippen LogP contribution in [0.3, 0.4) is 0 Å². The van der Waals surface area contributed by atoms with Crippen LogP contribution < -0.4 is 5.56 Å². The van der Waals surface area contributed by atoms with Crippen LogP contribution in [0.25, 0.3) is 22.0 Å². The summed E-state index contributed by atoms with van der Waals surface area (Å²) in [5.74, 6) is -0.436.